The Balaban J connectivity index is 0.000000640. The first-order valence-electron chi connectivity index (χ1n) is 8.59. The second-order valence-corrected chi connectivity index (χ2v) is 9.95. The molecule has 1 N–H and O–H groups in total. The molecule has 2 heterocycles. The zero-order chi connectivity index (χ0) is 20.8. The van der Waals surface area contributed by atoms with Crippen LogP contribution in [-0.2, 0) is 6.42 Å². The van der Waals surface area contributed by atoms with Crippen molar-refractivity contribution in [1.82, 2.24) is 14.7 Å². The molecule has 0 aliphatic heterocycles. The van der Waals surface area contributed by atoms with Gasteiger partial charge >= 0.3 is 0 Å². The first-order chi connectivity index (χ1) is 13.2. The van der Waals surface area contributed by atoms with Crippen molar-refractivity contribution in [3.63, 3.8) is 0 Å². The Kier molecular flexibility index (Phi) is 9.14. The number of aromatic nitrogens is 2. The Bertz CT molecular complexity index is 911. The number of nitrogens with one attached hydrogen (secondary N) is 1. The van der Waals surface area contributed by atoms with Crippen LogP contribution in [0.5, 0.6) is 0 Å². The number of thioether (sulfide) groups is 1. The summed E-state index contributed by atoms with van der Waals surface area (Å²) >= 11 is 10.8. The predicted molar refractivity (Wildman–Crippen MR) is 122 cm³/mol. The van der Waals surface area contributed by atoms with E-state index in [9.17, 15) is 8.78 Å². The number of benzene rings is 1. The monoisotopic (exact) mass is 505 g/mol. The molecule has 1 aromatic carbocycles. The third kappa shape index (κ3) is 6.66. The quantitative estimate of drug-likeness (QED) is 0.294. The van der Waals surface area contributed by atoms with Gasteiger partial charge in [0, 0.05) is 10.5 Å². The van der Waals surface area contributed by atoms with E-state index in [1.807, 2.05) is 12.3 Å². The summed E-state index contributed by atoms with van der Waals surface area (Å²) in [5.74, 6) is -0.371. The van der Waals surface area contributed by atoms with Crippen LogP contribution in [0.25, 0.3) is 10.3 Å². The normalized spacial score (nSPS) is 12.2. The SMILES string of the molecule is CC(C)C.CSc1nc2nc(C(Cc3cc(F)cc(F)c3)NS)c(Br)cc2s1. The van der Waals surface area contributed by atoms with E-state index >= 15 is 0 Å². The van der Waals surface area contributed by atoms with E-state index in [-0.39, 0.29) is 6.04 Å². The summed E-state index contributed by atoms with van der Waals surface area (Å²) < 4.78 is 32.4. The van der Waals surface area contributed by atoms with Crippen LogP contribution < -0.4 is 4.72 Å². The average Bonchev–Trinajstić information content (AvgIpc) is 2.99. The summed E-state index contributed by atoms with van der Waals surface area (Å²) in [5, 5.41) is 0. The number of hydrogen-bond acceptors (Lipinski definition) is 6. The molecule has 1 unspecified atom stereocenters. The van der Waals surface area contributed by atoms with Gasteiger partial charge in [-0.15, -0.1) is 11.3 Å². The third-order valence-electron chi connectivity index (χ3n) is 3.37. The van der Waals surface area contributed by atoms with Gasteiger partial charge in [0.1, 0.15) is 11.6 Å². The number of thiol groups is 1. The highest BCUT2D eigenvalue weighted by molar-refractivity contribution is 9.10. The Morgan fingerprint density at radius 3 is 2.29 bits per heavy atom. The van der Waals surface area contributed by atoms with Crippen LogP contribution in [0.2, 0.25) is 0 Å². The third-order valence-corrected chi connectivity index (χ3v) is 6.29. The molecule has 3 nitrogen and oxygen atoms in total. The average molecular weight is 507 g/mol. The maximum absolute atomic E-state index is 13.4. The predicted octanol–water partition coefficient (Wildman–Crippen LogP) is 6.83. The van der Waals surface area contributed by atoms with Gasteiger partial charge in [-0.2, -0.15) is 0 Å². The number of pyridine rings is 1. The lowest BCUT2D eigenvalue weighted by Gasteiger charge is -2.16. The molecule has 0 saturated carbocycles. The highest BCUT2D eigenvalue weighted by Crippen LogP contribution is 2.33. The molecule has 0 radical (unpaired) electrons. The minimum atomic E-state index is -0.602. The lowest BCUT2D eigenvalue weighted by molar-refractivity contribution is 0.573. The molecule has 9 heteroatoms. The van der Waals surface area contributed by atoms with Gasteiger partial charge in [-0.1, -0.05) is 45.3 Å². The molecule has 0 amide bonds. The second-order valence-electron chi connectivity index (χ2n) is 6.76. The van der Waals surface area contributed by atoms with Crippen molar-refractivity contribution in [3.8, 4) is 0 Å². The summed E-state index contributed by atoms with van der Waals surface area (Å²) in [6.07, 6.45) is 2.30. The fourth-order valence-electron chi connectivity index (χ4n) is 2.33. The molecule has 0 saturated heterocycles. The largest absolute Gasteiger partial charge is 0.257 e. The number of halogens is 3. The Labute approximate surface area is 186 Å². The molecule has 28 heavy (non-hydrogen) atoms. The summed E-state index contributed by atoms with van der Waals surface area (Å²) in [4.78, 5) is 9.06. The van der Waals surface area contributed by atoms with E-state index in [0.717, 1.165) is 25.5 Å². The van der Waals surface area contributed by atoms with Gasteiger partial charge in [0.05, 0.1) is 16.4 Å². The van der Waals surface area contributed by atoms with Crippen LogP contribution in [0.15, 0.2) is 33.1 Å². The Morgan fingerprint density at radius 1 is 1.14 bits per heavy atom. The van der Waals surface area contributed by atoms with Gasteiger partial charge in [0.2, 0.25) is 0 Å². The molecule has 2 aromatic heterocycles. The van der Waals surface area contributed by atoms with Crippen LogP contribution in [-0.4, -0.2) is 16.2 Å². The summed E-state index contributed by atoms with van der Waals surface area (Å²) in [6.45, 7) is 6.50. The summed E-state index contributed by atoms with van der Waals surface area (Å²) in [5.41, 5.74) is 1.87. The zero-order valence-corrected chi connectivity index (χ0v) is 20.1. The van der Waals surface area contributed by atoms with Crippen LogP contribution in [0, 0.1) is 17.6 Å². The molecular formula is C19H22BrF2N3S3. The van der Waals surface area contributed by atoms with Gasteiger partial charge in [-0.3, -0.25) is 4.72 Å². The molecule has 152 valence electrons. The molecule has 0 fully saturated rings. The maximum Gasteiger partial charge on any atom is 0.171 e. The van der Waals surface area contributed by atoms with Crippen molar-refractivity contribution in [3.05, 3.63) is 51.6 Å². The van der Waals surface area contributed by atoms with Gasteiger partial charge in [-0.25, -0.2) is 18.7 Å². The molecule has 3 aromatic rings. The van der Waals surface area contributed by atoms with Crippen LogP contribution >= 0.6 is 51.8 Å². The van der Waals surface area contributed by atoms with Crippen molar-refractivity contribution in [2.75, 3.05) is 6.26 Å². The van der Waals surface area contributed by atoms with Crippen molar-refractivity contribution in [2.45, 2.75) is 37.6 Å². The zero-order valence-electron chi connectivity index (χ0n) is 16.0. The van der Waals surface area contributed by atoms with E-state index < -0.39 is 11.6 Å². The first-order valence-corrected chi connectivity index (χ1v) is 11.9. The topological polar surface area (TPSA) is 37.8 Å². The Hall–Kier alpha value is -0.740. The minimum absolute atomic E-state index is 0.326. The van der Waals surface area contributed by atoms with Crippen molar-refractivity contribution < 1.29 is 8.78 Å². The Morgan fingerprint density at radius 2 is 1.75 bits per heavy atom. The lowest BCUT2D eigenvalue weighted by atomic mass is 10.0. The van der Waals surface area contributed by atoms with Crippen molar-refractivity contribution >= 4 is 62.2 Å². The molecule has 0 aliphatic rings. The standard InChI is InChI=1S/C15H12BrF2N3S3.C4H10/c1-23-15-20-14-12(24-15)6-10(16)13(19-14)11(21-22)4-7-2-8(17)5-9(18)3-7;1-4(2)3/h2-3,5-6,11,21-22H,4H2,1H3;4H,1-3H3. The van der Waals surface area contributed by atoms with Gasteiger partial charge in [0.25, 0.3) is 0 Å². The maximum atomic E-state index is 13.4. The van der Waals surface area contributed by atoms with Crippen molar-refractivity contribution in [1.29, 1.82) is 0 Å². The molecule has 3 rings (SSSR count). The molecular weight excluding hydrogens is 484 g/mol. The van der Waals surface area contributed by atoms with E-state index in [2.05, 4.69) is 64.2 Å². The highest BCUT2D eigenvalue weighted by Gasteiger charge is 2.19. The highest BCUT2D eigenvalue weighted by atomic mass is 79.9. The smallest absolute Gasteiger partial charge is 0.171 e. The fraction of sp³-hybridized carbons (Fsp3) is 0.368. The van der Waals surface area contributed by atoms with E-state index in [1.54, 1.807) is 23.1 Å². The number of thiazole rings is 1. The molecule has 0 bridgehead atoms. The van der Waals surface area contributed by atoms with Gasteiger partial charge in [-0.05, 0) is 58.3 Å². The first kappa shape index (κ1) is 23.5. The van der Waals surface area contributed by atoms with Gasteiger partial charge < -0.3 is 0 Å². The lowest BCUT2D eigenvalue weighted by Crippen LogP contribution is -2.17. The van der Waals surface area contributed by atoms with E-state index in [0.29, 0.717) is 23.3 Å². The molecule has 1 atom stereocenters. The number of hydrogen-bond donors (Lipinski definition) is 2. The van der Waals surface area contributed by atoms with Gasteiger partial charge in [0.15, 0.2) is 9.99 Å². The molecule has 0 spiro atoms. The van der Waals surface area contributed by atoms with Crippen LogP contribution in [0.3, 0.4) is 0 Å². The van der Waals surface area contributed by atoms with E-state index in [4.69, 9.17) is 0 Å². The number of fused-ring (bicyclic) bond motifs is 1. The number of rotatable bonds is 5. The fourth-order valence-corrected chi connectivity index (χ4v) is 4.75. The van der Waals surface area contributed by atoms with Crippen LogP contribution in [0.1, 0.15) is 38.1 Å². The summed E-state index contributed by atoms with van der Waals surface area (Å²) in [7, 11) is 0. The molecule has 0 aliphatic carbocycles. The van der Waals surface area contributed by atoms with Crippen LogP contribution in [0.4, 0.5) is 8.78 Å². The van der Waals surface area contributed by atoms with E-state index in [1.165, 1.54) is 12.1 Å². The number of nitrogens with zero attached hydrogens (tertiary/aromatic N) is 2. The summed E-state index contributed by atoms with van der Waals surface area (Å²) in [6, 6.07) is 5.10. The van der Waals surface area contributed by atoms with Crippen molar-refractivity contribution in [2.24, 2.45) is 5.92 Å². The second kappa shape index (κ2) is 10.9. The minimum Gasteiger partial charge on any atom is -0.257 e.